The third-order valence-electron chi connectivity index (χ3n) is 1.66. The minimum Gasteiger partial charge on any atom is -0.284 e. The zero-order chi connectivity index (χ0) is 6.69. The predicted molar refractivity (Wildman–Crippen MR) is 35.9 cm³/mol. The van der Waals surface area contributed by atoms with Gasteiger partial charge in [0.2, 0.25) is 0 Å². The van der Waals surface area contributed by atoms with Crippen LogP contribution in [0, 0.1) is 11.3 Å². The summed E-state index contributed by atoms with van der Waals surface area (Å²) in [5.41, 5.74) is 0. The zero-order valence-electron chi connectivity index (χ0n) is 5.80. The molecule has 2 unspecified atom stereocenters. The Morgan fingerprint density at radius 3 is 3.00 bits per heavy atom. The van der Waals surface area contributed by atoms with Crippen LogP contribution in [0.25, 0.3) is 0 Å². The maximum Gasteiger partial charge on any atom is 0.111 e. The quantitative estimate of drug-likeness (QED) is 0.525. The molecule has 0 aromatic heterocycles. The highest BCUT2D eigenvalue weighted by molar-refractivity contribution is 5.05. The van der Waals surface area contributed by atoms with E-state index in [9.17, 15) is 0 Å². The fourth-order valence-corrected chi connectivity index (χ4v) is 0.906. The van der Waals surface area contributed by atoms with E-state index in [0.717, 1.165) is 13.1 Å². The molecule has 0 aromatic rings. The summed E-state index contributed by atoms with van der Waals surface area (Å²) in [6, 6.07) is 2.48. The highest BCUT2D eigenvalue weighted by atomic mass is 15.3. The molecule has 1 heterocycles. The topological polar surface area (TPSA) is 26.8 Å². The van der Waals surface area contributed by atoms with Gasteiger partial charge in [-0.2, -0.15) is 5.26 Å². The van der Waals surface area contributed by atoms with Crippen LogP contribution in [-0.2, 0) is 0 Å². The Labute approximate surface area is 56.1 Å². The van der Waals surface area contributed by atoms with E-state index in [1.54, 1.807) is 0 Å². The van der Waals surface area contributed by atoms with Gasteiger partial charge in [0.05, 0.1) is 6.07 Å². The molecule has 1 aliphatic heterocycles. The second kappa shape index (κ2) is 2.84. The van der Waals surface area contributed by atoms with E-state index >= 15 is 0 Å². The first-order chi connectivity index (χ1) is 4.38. The van der Waals surface area contributed by atoms with E-state index in [2.05, 4.69) is 17.9 Å². The number of rotatable bonds is 3. The molecule has 1 saturated heterocycles. The summed E-state index contributed by atoms with van der Waals surface area (Å²) in [7, 11) is 0. The Balaban J connectivity index is 2.00. The maximum atomic E-state index is 8.38. The van der Waals surface area contributed by atoms with Gasteiger partial charge in [-0.15, -0.1) is 0 Å². The molecule has 0 bridgehead atoms. The first-order valence-electron chi connectivity index (χ1n) is 3.52. The Kier molecular flexibility index (Phi) is 2.07. The summed E-state index contributed by atoms with van der Waals surface area (Å²) in [5, 5.41) is 8.38. The molecule has 1 rings (SSSR count). The lowest BCUT2D eigenvalue weighted by atomic mass is 10.3. The van der Waals surface area contributed by atoms with Crippen molar-refractivity contribution in [1.82, 2.24) is 4.90 Å². The van der Waals surface area contributed by atoms with E-state index in [1.807, 2.05) is 0 Å². The molecule has 9 heavy (non-hydrogen) atoms. The third kappa shape index (κ3) is 1.69. The van der Waals surface area contributed by atoms with Crippen LogP contribution in [0.5, 0.6) is 0 Å². The molecule has 1 aliphatic rings. The molecular weight excluding hydrogens is 112 g/mol. The first-order valence-corrected chi connectivity index (χ1v) is 3.52. The van der Waals surface area contributed by atoms with Gasteiger partial charge < -0.3 is 0 Å². The minimum atomic E-state index is 0.261. The number of hydrogen-bond acceptors (Lipinski definition) is 2. The van der Waals surface area contributed by atoms with Crippen molar-refractivity contribution < 1.29 is 0 Å². The minimum absolute atomic E-state index is 0.261. The van der Waals surface area contributed by atoms with Crippen molar-refractivity contribution in [2.45, 2.75) is 25.8 Å². The Morgan fingerprint density at radius 2 is 2.56 bits per heavy atom. The molecule has 0 aromatic carbocycles. The predicted octanol–water partition coefficient (Wildman–Crippen LogP) is 0.994. The van der Waals surface area contributed by atoms with Crippen LogP contribution < -0.4 is 0 Å². The molecule has 2 atom stereocenters. The molecular formula is C7H12N2. The number of nitrogens with zero attached hydrogens (tertiary/aromatic N) is 2. The summed E-state index contributed by atoms with van der Waals surface area (Å²) >= 11 is 0. The van der Waals surface area contributed by atoms with Gasteiger partial charge >= 0.3 is 0 Å². The van der Waals surface area contributed by atoms with Crippen molar-refractivity contribution in [3.63, 3.8) is 0 Å². The third-order valence-corrected chi connectivity index (χ3v) is 1.66. The molecule has 0 spiro atoms. The lowest BCUT2D eigenvalue weighted by Gasteiger charge is -1.95. The fourth-order valence-electron chi connectivity index (χ4n) is 0.906. The van der Waals surface area contributed by atoms with E-state index in [0.29, 0.717) is 0 Å². The summed E-state index contributed by atoms with van der Waals surface area (Å²) in [5.74, 6) is 0. The highest BCUT2D eigenvalue weighted by Gasteiger charge is 2.32. The Hall–Kier alpha value is -0.550. The summed E-state index contributed by atoms with van der Waals surface area (Å²) in [4.78, 5) is 2.20. The van der Waals surface area contributed by atoms with Gasteiger partial charge in [-0.25, -0.2) is 0 Å². The monoisotopic (exact) mass is 124 g/mol. The smallest absolute Gasteiger partial charge is 0.111 e. The van der Waals surface area contributed by atoms with Gasteiger partial charge in [0.25, 0.3) is 0 Å². The molecule has 0 N–H and O–H groups in total. The van der Waals surface area contributed by atoms with Crippen LogP contribution in [0.1, 0.15) is 19.8 Å². The normalized spacial score (nSPS) is 31.6. The molecule has 50 valence electrons. The second-order valence-corrected chi connectivity index (χ2v) is 2.49. The van der Waals surface area contributed by atoms with Crippen LogP contribution in [0.3, 0.4) is 0 Å². The lowest BCUT2D eigenvalue weighted by Crippen LogP contribution is -2.01. The number of nitriles is 1. The van der Waals surface area contributed by atoms with Crippen molar-refractivity contribution in [2.75, 3.05) is 13.1 Å². The van der Waals surface area contributed by atoms with E-state index in [-0.39, 0.29) is 6.04 Å². The van der Waals surface area contributed by atoms with Crippen LogP contribution in [0.4, 0.5) is 0 Å². The molecule has 1 fully saturated rings. The van der Waals surface area contributed by atoms with Gasteiger partial charge in [0.15, 0.2) is 0 Å². The molecule has 2 nitrogen and oxygen atoms in total. The summed E-state index contributed by atoms with van der Waals surface area (Å²) < 4.78 is 0. The van der Waals surface area contributed by atoms with Crippen molar-refractivity contribution >= 4 is 0 Å². The van der Waals surface area contributed by atoms with Gasteiger partial charge in [-0.1, -0.05) is 13.3 Å². The van der Waals surface area contributed by atoms with E-state index in [4.69, 9.17) is 5.26 Å². The standard InChI is InChI=1S/C7H12N2/c1-2-3-4-9-6-7(9)5-8/h7H,2-4,6H2,1H3. The van der Waals surface area contributed by atoms with Crippen LogP contribution in [0.15, 0.2) is 0 Å². The number of hydrogen-bond donors (Lipinski definition) is 0. The number of unbranched alkanes of at least 4 members (excludes halogenated alkanes) is 1. The lowest BCUT2D eigenvalue weighted by molar-refractivity contribution is 0.510. The maximum absolute atomic E-state index is 8.38. The van der Waals surface area contributed by atoms with Gasteiger partial charge in [-0.3, -0.25) is 4.90 Å². The van der Waals surface area contributed by atoms with Crippen LogP contribution >= 0.6 is 0 Å². The largest absolute Gasteiger partial charge is 0.284 e. The molecule has 0 aliphatic carbocycles. The first kappa shape index (κ1) is 6.57. The summed E-state index contributed by atoms with van der Waals surface area (Å²) in [6.45, 7) is 4.30. The van der Waals surface area contributed by atoms with E-state index in [1.165, 1.54) is 12.8 Å². The zero-order valence-corrected chi connectivity index (χ0v) is 5.80. The molecule has 0 amide bonds. The van der Waals surface area contributed by atoms with Gasteiger partial charge in [-0.05, 0) is 13.0 Å². The van der Waals surface area contributed by atoms with Gasteiger partial charge in [0, 0.05) is 6.54 Å². The fraction of sp³-hybridized carbons (Fsp3) is 0.857. The molecule has 2 heteroatoms. The van der Waals surface area contributed by atoms with Crippen molar-refractivity contribution in [3.05, 3.63) is 0 Å². The van der Waals surface area contributed by atoms with Crippen molar-refractivity contribution in [2.24, 2.45) is 0 Å². The SMILES string of the molecule is CCCCN1CC1C#N. The van der Waals surface area contributed by atoms with Crippen LogP contribution in [-0.4, -0.2) is 24.0 Å². The molecule has 0 saturated carbocycles. The second-order valence-electron chi connectivity index (χ2n) is 2.49. The highest BCUT2D eigenvalue weighted by Crippen LogP contribution is 2.15. The average Bonchev–Trinajstić information content (AvgIpc) is 2.62. The van der Waals surface area contributed by atoms with Gasteiger partial charge in [0.1, 0.15) is 6.04 Å². The van der Waals surface area contributed by atoms with E-state index < -0.39 is 0 Å². The Bertz CT molecular complexity index is 125. The molecule has 0 radical (unpaired) electrons. The Morgan fingerprint density at radius 1 is 1.78 bits per heavy atom. The van der Waals surface area contributed by atoms with Crippen LogP contribution in [0.2, 0.25) is 0 Å². The summed E-state index contributed by atoms with van der Waals surface area (Å²) in [6.07, 6.45) is 2.47. The average molecular weight is 124 g/mol. The van der Waals surface area contributed by atoms with Crippen molar-refractivity contribution in [3.8, 4) is 6.07 Å². The van der Waals surface area contributed by atoms with Crippen molar-refractivity contribution in [1.29, 1.82) is 5.26 Å².